The summed E-state index contributed by atoms with van der Waals surface area (Å²) in [7, 11) is 0. The van der Waals surface area contributed by atoms with E-state index in [2.05, 4.69) is 5.32 Å². The molecule has 0 spiro atoms. The third-order valence-corrected chi connectivity index (χ3v) is 2.43. The van der Waals surface area contributed by atoms with Gasteiger partial charge in [-0.1, -0.05) is 11.6 Å². The van der Waals surface area contributed by atoms with Gasteiger partial charge in [0.2, 0.25) is 0 Å². The molecule has 0 aliphatic heterocycles. The number of hydrogen-bond acceptors (Lipinski definition) is 2. The van der Waals surface area contributed by atoms with E-state index in [1.54, 1.807) is 13.0 Å². The third-order valence-electron chi connectivity index (χ3n) is 2.06. The number of rotatable bonds is 5. The fraction of sp³-hybridized carbons (Fsp3) is 0.455. The minimum Gasteiger partial charge on any atom is -0.393 e. The number of aliphatic hydroxyl groups is 1. The minimum absolute atomic E-state index is 0.285. The van der Waals surface area contributed by atoms with Crippen molar-refractivity contribution in [2.45, 2.75) is 26.0 Å². The second-order valence-electron chi connectivity index (χ2n) is 3.55. The topological polar surface area (TPSA) is 32.3 Å². The van der Waals surface area contributed by atoms with Crippen LogP contribution in [-0.4, -0.2) is 17.8 Å². The van der Waals surface area contributed by atoms with Crippen LogP contribution in [0.2, 0.25) is 5.02 Å². The molecule has 0 heterocycles. The van der Waals surface area contributed by atoms with E-state index < -0.39 is 0 Å². The molecule has 1 aromatic carbocycles. The molecule has 0 amide bonds. The molecule has 0 fully saturated rings. The van der Waals surface area contributed by atoms with Crippen LogP contribution in [0.25, 0.3) is 0 Å². The summed E-state index contributed by atoms with van der Waals surface area (Å²) in [4.78, 5) is 0. The van der Waals surface area contributed by atoms with Crippen LogP contribution in [0, 0.1) is 5.82 Å². The normalized spacial score (nSPS) is 12.8. The van der Waals surface area contributed by atoms with E-state index in [1.807, 2.05) is 0 Å². The van der Waals surface area contributed by atoms with Crippen molar-refractivity contribution in [3.05, 3.63) is 34.6 Å². The molecular weight excluding hydrogens is 217 g/mol. The first kappa shape index (κ1) is 12.4. The summed E-state index contributed by atoms with van der Waals surface area (Å²) in [5.41, 5.74) is 0.738. The smallest absolute Gasteiger partial charge is 0.123 e. The Hall–Kier alpha value is -0.640. The average Bonchev–Trinajstić information content (AvgIpc) is 2.17. The van der Waals surface area contributed by atoms with Gasteiger partial charge in [0.25, 0.3) is 0 Å². The van der Waals surface area contributed by atoms with Gasteiger partial charge in [-0.3, -0.25) is 0 Å². The first-order valence-corrected chi connectivity index (χ1v) is 5.30. The summed E-state index contributed by atoms with van der Waals surface area (Å²) >= 11 is 5.88. The van der Waals surface area contributed by atoms with E-state index >= 15 is 0 Å². The predicted octanol–water partition coefficient (Wildman–Crippen LogP) is 2.34. The van der Waals surface area contributed by atoms with Crippen molar-refractivity contribution in [1.29, 1.82) is 0 Å². The Morgan fingerprint density at radius 2 is 2.27 bits per heavy atom. The maximum atomic E-state index is 12.9. The maximum absolute atomic E-state index is 12.9. The largest absolute Gasteiger partial charge is 0.393 e. The first-order valence-electron chi connectivity index (χ1n) is 4.92. The monoisotopic (exact) mass is 231 g/mol. The third kappa shape index (κ3) is 4.60. The van der Waals surface area contributed by atoms with Gasteiger partial charge in [0, 0.05) is 11.6 Å². The van der Waals surface area contributed by atoms with Crippen LogP contribution in [0.15, 0.2) is 18.2 Å². The summed E-state index contributed by atoms with van der Waals surface area (Å²) in [6.07, 6.45) is 0.355. The van der Waals surface area contributed by atoms with Gasteiger partial charge in [0.15, 0.2) is 0 Å². The molecule has 0 aromatic heterocycles. The van der Waals surface area contributed by atoms with E-state index in [0.717, 1.165) is 5.56 Å². The van der Waals surface area contributed by atoms with E-state index in [1.165, 1.54) is 12.1 Å². The molecule has 0 bridgehead atoms. The Morgan fingerprint density at radius 1 is 1.53 bits per heavy atom. The van der Waals surface area contributed by atoms with Crippen molar-refractivity contribution in [2.75, 3.05) is 6.54 Å². The highest BCUT2D eigenvalue weighted by molar-refractivity contribution is 6.31. The summed E-state index contributed by atoms with van der Waals surface area (Å²) in [6, 6.07) is 4.29. The summed E-state index contributed by atoms with van der Waals surface area (Å²) in [5, 5.41) is 12.7. The van der Waals surface area contributed by atoms with E-state index in [0.29, 0.717) is 24.5 Å². The molecular formula is C11H15ClFNO. The highest BCUT2D eigenvalue weighted by Crippen LogP contribution is 2.16. The van der Waals surface area contributed by atoms with Crippen LogP contribution in [0.4, 0.5) is 4.39 Å². The number of halogens is 2. The van der Waals surface area contributed by atoms with Crippen LogP contribution < -0.4 is 5.32 Å². The Balaban J connectivity index is 2.40. The lowest BCUT2D eigenvalue weighted by atomic mass is 10.2. The van der Waals surface area contributed by atoms with Gasteiger partial charge in [0.05, 0.1) is 6.10 Å². The van der Waals surface area contributed by atoms with Crippen molar-refractivity contribution in [1.82, 2.24) is 5.32 Å². The lowest BCUT2D eigenvalue weighted by Crippen LogP contribution is -2.18. The number of hydrogen-bond donors (Lipinski definition) is 2. The van der Waals surface area contributed by atoms with Crippen molar-refractivity contribution in [3.8, 4) is 0 Å². The predicted molar refractivity (Wildman–Crippen MR) is 59.4 cm³/mol. The second kappa shape index (κ2) is 6.05. The maximum Gasteiger partial charge on any atom is 0.123 e. The Kier molecular flexibility index (Phi) is 5.02. The molecule has 1 rings (SSSR count). The zero-order chi connectivity index (χ0) is 11.3. The van der Waals surface area contributed by atoms with Crippen LogP contribution in [0.3, 0.4) is 0 Å². The van der Waals surface area contributed by atoms with Gasteiger partial charge in [-0.25, -0.2) is 4.39 Å². The number of nitrogens with one attached hydrogen (secondary N) is 1. The van der Waals surface area contributed by atoms with E-state index in [9.17, 15) is 4.39 Å². The van der Waals surface area contributed by atoms with E-state index in [4.69, 9.17) is 16.7 Å². The molecule has 1 atom stereocenters. The second-order valence-corrected chi connectivity index (χ2v) is 3.96. The molecule has 1 unspecified atom stereocenters. The van der Waals surface area contributed by atoms with Gasteiger partial charge >= 0.3 is 0 Å². The average molecular weight is 232 g/mol. The molecule has 0 saturated heterocycles. The van der Waals surface area contributed by atoms with Gasteiger partial charge in [0.1, 0.15) is 5.82 Å². The highest BCUT2D eigenvalue weighted by Gasteiger charge is 2.02. The fourth-order valence-electron chi connectivity index (χ4n) is 1.21. The van der Waals surface area contributed by atoms with Gasteiger partial charge in [-0.15, -0.1) is 0 Å². The van der Waals surface area contributed by atoms with Crippen LogP contribution >= 0.6 is 11.6 Å². The fourth-order valence-corrected chi connectivity index (χ4v) is 1.40. The van der Waals surface area contributed by atoms with Crippen molar-refractivity contribution >= 4 is 11.6 Å². The molecule has 0 aliphatic carbocycles. The van der Waals surface area contributed by atoms with Gasteiger partial charge < -0.3 is 10.4 Å². The lowest BCUT2D eigenvalue weighted by molar-refractivity contribution is 0.183. The standard InChI is InChI=1S/C11H15ClFNO/c1-8(15)4-5-14-7-9-6-10(13)2-3-11(9)12/h2-3,6,8,14-15H,4-5,7H2,1H3. The summed E-state index contributed by atoms with van der Waals surface area (Å²) < 4.78 is 12.9. The minimum atomic E-state index is -0.319. The zero-order valence-corrected chi connectivity index (χ0v) is 9.39. The molecule has 0 aliphatic rings. The Bertz CT molecular complexity index is 317. The van der Waals surface area contributed by atoms with Gasteiger partial charge in [-0.05, 0) is 43.7 Å². The number of aliphatic hydroxyl groups excluding tert-OH is 1. The molecule has 4 heteroatoms. The molecule has 1 aromatic rings. The molecule has 0 radical (unpaired) electrons. The lowest BCUT2D eigenvalue weighted by Gasteiger charge is -2.08. The van der Waals surface area contributed by atoms with Crippen molar-refractivity contribution < 1.29 is 9.50 Å². The van der Waals surface area contributed by atoms with Gasteiger partial charge in [-0.2, -0.15) is 0 Å². The SMILES string of the molecule is CC(O)CCNCc1cc(F)ccc1Cl. The molecule has 84 valence electrons. The van der Waals surface area contributed by atoms with Crippen LogP contribution in [0.5, 0.6) is 0 Å². The molecule has 15 heavy (non-hydrogen) atoms. The quantitative estimate of drug-likeness (QED) is 0.763. The molecule has 2 N–H and O–H groups in total. The Morgan fingerprint density at radius 3 is 2.93 bits per heavy atom. The molecule has 2 nitrogen and oxygen atoms in total. The first-order chi connectivity index (χ1) is 7.09. The summed E-state index contributed by atoms with van der Waals surface area (Å²) in [6.45, 7) is 2.94. The summed E-state index contributed by atoms with van der Waals surface area (Å²) in [5.74, 6) is -0.285. The number of benzene rings is 1. The highest BCUT2D eigenvalue weighted by atomic mass is 35.5. The zero-order valence-electron chi connectivity index (χ0n) is 8.63. The van der Waals surface area contributed by atoms with Crippen molar-refractivity contribution in [3.63, 3.8) is 0 Å². The van der Waals surface area contributed by atoms with Crippen LogP contribution in [-0.2, 0) is 6.54 Å². The van der Waals surface area contributed by atoms with Crippen LogP contribution in [0.1, 0.15) is 18.9 Å². The Labute approximate surface area is 94.1 Å². The van der Waals surface area contributed by atoms with E-state index in [-0.39, 0.29) is 11.9 Å². The van der Waals surface area contributed by atoms with Crippen molar-refractivity contribution in [2.24, 2.45) is 0 Å². The molecule has 0 saturated carbocycles.